The van der Waals surface area contributed by atoms with Crippen molar-refractivity contribution < 1.29 is 14.2 Å². The van der Waals surface area contributed by atoms with Gasteiger partial charge in [0, 0.05) is 24.8 Å². The lowest BCUT2D eigenvalue weighted by atomic mass is 9.87. The number of hydrogen-bond donors (Lipinski definition) is 2. The van der Waals surface area contributed by atoms with Gasteiger partial charge in [-0.3, -0.25) is 0 Å². The first kappa shape index (κ1) is 14.2. The molecule has 0 spiro atoms. The molecule has 0 unspecified atom stereocenters. The molecule has 96 valence electrons. The molecule has 1 aromatic rings. The van der Waals surface area contributed by atoms with Gasteiger partial charge in [-0.2, -0.15) is 0 Å². The molecule has 3 N–H and O–H groups in total. The summed E-state index contributed by atoms with van der Waals surface area (Å²) in [5, 5.41) is 9.66. The lowest BCUT2D eigenvalue weighted by Crippen LogP contribution is -2.27. The van der Waals surface area contributed by atoms with E-state index in [1.54, 1.807) is 0 Å². The van der Waals surface area contributed by atoms with Crippen molar-refractivity contribution in [1.82, 2.24) is 0 Å². The number of nitrogens with two attached hydrogens (primary N) is 1. The lowest BCUT2D eigenvalue weighted by molar-refractivity contribution is 0.0581. The van der Waals surface area contributed by atoms with Crippen LogP contribution in [0.5, 0.6) is 5.75 Å². The molecule has 1 atom stereocenters. The van der Waals surface area contributed by atoms with Crippen LogP contribution >= 0.6 is 12.4 Å². The number of phenols is 1. The van der Waals surface area contributed by atoms with Crippen LogP contribution in [0.15, 0.2) is 18.2 Å². The molecule has 1 aliphatic rings. The smallest absolute Gasteiger partial charge is 0.123 e. The van der Waals surface area contributed by atoms with Crippen molar-refractivity contribution in [3.8, 4) is 5.75 Å². The predicted octanol–water partition coefficient (Wildman–Crippen LogP) is 2.38. The zero-order valence-corrected chi connectivity index (χ0v) is 10.3. The summed E-state index contributed by atoms with van der Waals surface area (Å²) in [6.07, 6.45) is 1.72. The van der Waals surface area contributed by atoms with E-state index in [0.29, 0.717) is 18.8 Å². The largest absolute Gasteiger partial charge is 0.508 e. The summed E-state index contributed by atoms with van der Waals surface area (Å²) in [5.41, 5.74) is 6.55. The molecule has 1 aliphatic heterocycles. The summed E-state index contributed by atoms with van der Waals surface area (Å²) in [7, 11) is 0. The highest BCUT2D eigenvalue weighted by Gasteiger charge is 2.24. The van der Waals surface area contributed by atoms with Crippen molar-refractivity contribution in [3.63, 3.8) is 0 Å². The third-order valence-electron chi connectivity index (χ3n) is 3.12. The maximum absolute atomic E-state index is 13.1. The van der Waals surface area contributed by atoms with E-state index in [-0.39, 0.29) is 35.9 Å². The van der Waals surface area contributed by atoms with Crippen LogP contribution in [0.3, 0.4) is 0 Å². The standard InChI is InChI=1S/C12H16FNO2.ClH/c13-9-1-2-11(15)10(7-9)12(14)8-3-5-16-6-4-8;/h1-2,7-8,12,15H,3-6,14H2;1H/t12-;/m1./s1. The maximum atomic E-state index is 13.1. The minimum atomic E-state index is -0.365. The Labute approximate surface area is 106 Å². The van der Waals surface area contributed by atoms with Crippen molar-refractivity contribution in [2.24, 2.45) is 11.7 Å². The minimum Gasteiger partial charge on any atom is -0.508 e. The molecule has 1 saturated heterocycles. The van der Waals surface area contributed by atoms with Crippen LogP contribution in [0.1, 0.15) is 24.4 Å². The third-order valence-corrected chi connectivity index (χ3v) is 3.12. The Balaban J connectivity index is 0.00000144. The molecule has 0 amide bonds. The fourth-order valence-corrected chi connectivity index (χ4v) is 2.12. The zero-order valence-electron chi connectivity index (χ0n) is 9.43. The quantitative estimate of drug-likeness (QED) is 0.859. The van der Waals surface area contributed by atoms with E-state index < -0.39 is 0 Å². The van der Waals surface area contributed by atoms with E-state index in [1.165, 1.54) is 18.2 Å². The van der Waals surface area contributed by atoms with Crippen LogP contribution in [0.4, 0.5) is 4.39 Å². The van der Waals surface area contributed by atoms with Crippen molar-refractivity contribution in [3.05, 3.63) is 29.6 Å². The number of aromatic hydroxyl groups is 1. The Bertz CT molecular complexity index is 370. The van der Waals surface area contributed by atoms with Crippen molar-refractivity contribution in [2.75, 3.05) is 13.2 Å². The second-order valence-electron chi connectivity index (χ2n) is 4.18. The second-order valence-corrected chi connectivity index (χ2v) is 4.18. The average Bonchev–Trinajstić information content (AvgIpc) is 2.32. The SMILES string of the molecule is Cl.N[C@@H](c1cc(F)ccc1O)C1CCOCC1. The van der Waals surface area contributed by atoms with Gasteiger partial charge in [-0.15, -0.1) is 12.4 Å². The molecule has 0 saturated carbocycles. The maximum Gasteiger partial charge on any atom is 0.123 e. The minimum absolute atomic E-state index is 0. The highest BCUT2D eigenvalue weighted by atomic mass is 35.5. The van der Waals surface area contributed by atoms with Crippen molar-refractivity contribution in [2.45, 2.75) is 18.9 Å². The van der Waals surface area contributed by atoms with Gasteiger partial charge >= 0.3 is 0 Å². The van der Waals surface area contributed by atoms with Gasteiger partial charge in [-0.25, -0.2) is 4.39 Å². The number of phenolic OH excluding ortho intramolecular Hbond substituents is 1. The van der Waals surface area contributed by atoms with E-state index >= 15 is 0 Å². The van der Waals surface area contributed by atoms with Gasteiger partial charge in [0.25, 0.3) is 0 Å². The Morgan fingerprint density at radius 3 is 2.65 bits per heavy atom. The molecule has 1 heterocycles. The van der Waals surface area contributed by atoms with Crippen LogP contribution in [0, 0.1) is 11.7 Å². The van der Waals surface area contributed by atoms with E-state index in [0.717, 1.165) is 12.8 Å². The topological polar surface area (TPSA) is 55.5 Å². The molecule has 1 fully saturated rings. The molecule has 0 radical (unpaired) electrons. The monoisotopic (exact) mass is 261 g/mol. The number of benzene rings is 1. The Morgan fingerprint density at radius 2 is 2.00 bits per heavy atom. The summed E-state index contributed by atoms with van der Waals surface area (Å²) < 4.78 is 18.3. The summed E-state index contributed by atoms with van der Waals surface area (Å²) >= 11 is 0. The van der Waals surface area contributed by atoms with Crippen LogP contribution < -0.4 is 5.73 Å². The fraction of sp³-hybridized carbons (Fsp3) is 0.500. The average molecular weight is 262 g/mol. The summed E-state index contributed by atoms with van der Waals surface area (Å²) in [6.45, 7) is 1.38. The number of hydrogen-bond acceptors (Lipinski definition) is 3. The second kappa shape index (κ2) is 6.19. The molecule has 5 heteroatoms. The van der Waals surface area contributed by atoms with E-state index in [2.05, 4.69) is 0 Å². The van der Waals surface area contributed by atoms with Crippen LogP contribution in [0.2, 0.25) is 0 Å². The van der Waals surface area contributed by atoms with Gasteiger partial charge in [0.1, 0.15) is 11.6 Å². The first-order chi connectivity index (χ1) is 7.68. The number of rotatable bonds is 2. The van der Waals surface area contributed by atoms with Crippen molar-refractivity contribution in [1.29, 1.82) is 0 Å². The molecule has 1 aromatic carbocycles. The van der Waals surface area contributed by atoms with Crippen LogP contribution in [-0.4, -0.2) is 18.3 Å². The third kappa shape index (κ3) is 3.31. The van der Waals surface area contributed by atoms with Gasteiger partial charge in [-0.1, -0.05) is 0 Å². The van der Waals surface area contributed by atoms with Gasteiger partial charge in [0.15, 0.2) is 0 Å². The summed E-state index contributed by atoms with van der Waals surface area (Å²) in [5.74, 6) is -0.0443. The van der Waals surface area contributed by atoms with Gasteiger partial charge in [0.05, 0.1) is 0 Å². The lowest BCUT2D eigenvalue weighted by Gasteiger charge is -2.28. The van der Waals surface area contributed by atoms with Gasteiger partial charge in [0.2, 0.25) is 0 Å². The fourth-order valence-electron chi connectivity index (χ4n) is 2.12. The Kier molecular flexibility index (Phi) is 5.18. The first-order valence-electron chi connectivity index (χ1n) is 5.50. The Hall–Kier alpha value is -0.840. The molecular formula is C12H17ClFNO2. The molecular weight excluding hydrogens is 245 g/mol. The first-order valence-corrected chi connectivity index (χ1v) is 5.50. The highest BCUT2D eigenvalue weighted by Crippen LogP contribution is 2.32. The van der Waals surface area contributed by atoms with Crippen molar-refractivity contribution >= 4 is 12.4 Å². The molecule has 17 heavy (non-hydrogen) atoms. The zero-order chi connectivity index (χ0) is 11.5. The number of halogens is 2. The van der Waals surface area contributed by atoms with E-state index in [4.69, 9.17) is 10.5 Å². The number of ether oxygens (including phenoxy) is 1. The predicted molar refractivity (Wildman–Crippen MR) is 65.8 cm³/mol. The van der Waals surface area contributed by atoms with Gasteiger partial charge < -0.3 is 15.6 Å². The molecule has 2 rings (SSSR count). The molecule has 0 aliphatic carbocycles. The normalized spacial score (nSPS) is 18.5. The molecule has 3 nitrogen and oxygen atoms in total. The Morgan fingerprint density at radius 1 is 1.35 bits per heavy atom. The van der Waals surface area contributed by atoms with Crippen LogP contribution in [-0.2, 0) is 4.74 Å². The molecule has 0 aromatic heterocycles. The van der Waals surface area contributed by atoms with Gasteiger partial charge in [-0.05, 0) is 37.0 Å². The van der Waals surface area contributed by atoms with E-state index in [1.807, 2.05) is 0 Å². The summed E-state index contributed by atoms with van der Waals surface area (Å²) in [4.78, 5) is 0. The van der Waals surface area contributed by atoms with E-state index in [9.17, 15) is 9.50 Å². The highest BCUT2D eigenvalue weighted by molar-refractivity contribution is 5.85. The summed E-state index contributed by atoms with van der Waals surface area (Å²) in [6, 6.07) is 3.58. The molecule has 0 bridgehead atoms. The van der Waals surface area contributed by atoms with Crippen LogP contribution in [0.25, 0.3) is 0 Å².